The predicted octanol–water partition coefficient (Wildman–Crippen LogP) is 1.60. The van der Waals surface area contributed by atoms with Crippen LogP contribution in [0.15, 0.2) is 36.5 Å². The molecule has 0 unspecified atom stereocenters. The molecule has 32 heavy (non-hydrogen) atoms. The Hall–Kier alpha value is -3.37. The van der Waals surface area contributed by atoms with Gasteiger partial charge in [-0.2, -0.15) is 18.3 Å². The molecule has 3 amide bonds. The molecule has 0 spiro atoms. The molecule has 1 aromatic heterocycles. The molecule has 3 aliphatic rings. The molecule has 0 radical (unpaired) electrons. The van der Waals surface area contributed by atoms with Gasteiger partial charge >= 0.3 is 6.18 Å². The smallest absolute Gasteiger partial charge is 0.347 e. The van der Waals surface area contributed by atoms with E-state index in [1.165, 1.54) is 17.0 Å². The van der Waals surface area contributed by atoms with Crippen LogP contribution in [0, 0.1) is 0 Å². The van der Waals surface area contributed by atoms with Crippen LogP contribution in [0.2, 0.25) is 0 Å². The number of piperazine rings is 1. The van der Waals surface area contributed by atoms with Crippen LogP contribution in [0.5, 0.6) is 0 Å². The third kappa shape index (κ3) is 3.23. The lowest BCUT2D eigenvalue weighted by Gasteiger charge is -2.38. The second-order valence-corrected chi connectivity index (χ2v) is 8.25. The van der Waals surface area contributed by atoms with Crippen LogP contribution < -0.4 is 5.32 Å². The summed E-state index contributed by atoms with van der Waals surface area (Å²) in [6.07, 6.45) is -2.37. The van der Waals surface area contributed by atoms with Gasteiger partial charge in [0.2, 0.25) is 11.8 Å². The number of fused-ring (bicyclic) bond motifs is 2. The van der Waals surface area contributed by atoms with Gasteiger partial charge in [0.05, 0.1) is 17.4 Å². The Bertz CT molecular complexity index is 1050. The van der Waals surface area contributed by atoms with E-state index in [9.17, 15) is 27.6 Å². The predicted molar refractivity (Wildman–Crippen MR) is 105 cm³/mol. The van der Waals surface area contributed by atoms with E-state index in [0.717, 1.165) is 12.6 Å². The standard InChI is InChI=1S/C21H20F3N5O3/c22-21(23,24)17-14(10-25-29(17)13-5-2-1-3-6-13)18(30)26-12-9-16-20(32)27-8-4-7-15(27)19(31)28(16)11-12/h1-3,5-6,10,12,15-16H,4,7-9,11H2,(H,26,30)/t12-,15+,16-/m0/s1. The van der Waals surface area contributed by atoms with Crippen molar-refractivity contribution in [3.05, 3.63) is 47.8 Å². The SMILES string of the molecule is O=C(N[C@H]1C[C@H]2C(=O)N3CCC[C@@H]3C(=O)N2C1)c1cnn(-c2ccccc2)c1C(F)(F)F. The van der Waals surface area contributed by atoms with Gasteiger partial charge < -0.3 is 15.1 Å². The van der Waals surface area contributed by atoms with Crippen molar-refractivity contribution in [3.8, 4) is 5.69 Å². The summed E-state index contributed by atoms with van der Waals surface area (Å²) in [4.78, 5) is 41.3. The Morgan fingerprint density at radius 1 is 1.06 bits per heavy atom. The van der Waals surface area contributed by atoms with Crippen LogP contribution in [-0.4, -0.2) is 68.5 Å². The van der Waals surface area contributed by atoms with Crippen LogP contribution in [-0.2, 0) is 15.8 Å². The number of nitrogens with zero attached hydrogens (tertiary/aromatic N) is 4. The van der Waals surface area contributed by atoms with Crippen molar-refractivity contribution < 1.29 is 27.6 Å². The Morgan fingerprint density at radius 2 is 1.78 bits per heavy atom. The molecule has 0 aliphatic carbocycles. The zero-order chi connectivity index (χ0) is 22.6. The Kier molecular flexibility index (Phi) is 4.72. The van der Waals surface area contributed by atoms with Crippen molar-refractivity contribution in [1.82, 2.24) is 24.9 Å². The summed E-state index contributed by atoms with van der Waals surface area (Å²) in [6.45, 7) is 0.629. The molecular weight excluding hydrogens is 427 g/mol. The number of amides is 3. The maximum Gasteiger partial charge on any atom is 0.434 e. The fraction of sp³-hybridized carbons (Fsp3) is 0.429. The van der Waals surface area contributed by atoms with E-state index in [0.29, 0.717) is 17.6 Å². The largest absolute Gasteiger partial charge is 0.434 e. The van der Waals surface area contributed by atoms with Crippen molar-refractivity contribution in [3.63, 3.8) is 0 Å². The number of nitrogens with one attached hydrogen (secondary N) is 1. The first-order valence-corrected chi connectivity index (χ1v) is 10.4. The van der Waals surface area contributed by atoms with Crippen LogP contribution >= 0.6 is 0 Å². The first kappa shape index (κ1) is 20.5. The van der Waals surface area contributed by atoms with E-state index in [4.69, 9.17) is 0 Å². The number of rotatable bonds is 3. The van der Waals surface area contributed by atoms with Gasteiger partial charge in [-0.05, 0) is 31.4 Å². The van der Waals surface area contributed by atoms with E-state index in [2.05, 4.69) is 10.4 Å². The Labute approximate surface area is 181 Å². The van der Waals surface area contributed by atoms with Crippen LogP contribution in [0.1, 0.15) is 35.3 Å². The Morgan fingerprint density at radius 3 is 2.50 bits per heavy atom. The van der Waals surface area contributed by atoms with Crippen LogP contribution in [0.3, 0.4) is 0 Å². The second-order valence-electron chi connectivity index (χ2n) is 8.25. The van der Waals surface area contributed by atoms with Crippen LogP contribution in [0.4, 0.5) is 13.2 Å². The third-order valence-corrected chi connectivity index (χ3v) is 6.31. The minimum Gasteiger partial charge on any atom is -0.347 e. The summed E-state index contributed by atoms with van der Waals surface area (Å²) in [7, 11) is 0. The number of carbonyl (C=O) groups is 3. The highest BCUT2D eigenvalue weighted by Gasteiger charge is 2.52. The second kappa shape index (κ2) is 7.35. The molecule has 3 atom stereocenters. The molecule has 3 aliphatic heterocycles. The molecule has 5 rings (SSSR count). The van der Waals surface area contributed by atoms with Gasteiger partial charge in [-0.25, -0.2) is 4.68 Å². The van der Waals surface area contributed by atoms with E-state index < -0.39 is 41.5 Å². The summed E-state index contributed by atoms with van der Waals surface area (Å²) in [5.41, 5.74) is -1.61. The van der Waals surface area contributed by atoms with Crippen molar-refractivity contribution in [2.24, 2.45) is 0 Å². The monoisotopic (exact) mass is 447 g/mol. The average molecular weight is 447 g/mol. The van der Waals surface area contributed by atoms with Gasteiger partial charge in [0.25, 0.3) is 5.91 Å². The number of aromatic nitrogens is 2. The molecule has 11 heteroatoms. The zero-order valence-corrected chi connectivity index (χ0v) is 16.9. The van der Waals surface area contributed by atoms with Gasteiger partial charge in [0, 0.05) is 19.1 Å². The van der Waals surface area contributed by atoms with E-state index in [1.807, 2.05) is 0 Å². The van der Waals surface area contributed by atoms with Crippen molar-refractivity contribution in [1.29, 1.82) is 0 Å². The van der Waals surface area contributed by atoms with Crippen molar-refractivity contribution in [2.75, 3.05) is 13.1 Å². The normalized spacial score (nSPS) is 25.2. The first-order valence-electron chi connectivity index (χ1n) is 10.4. The highest BCUT2D eigenvalue weighted by molar-refractivity contribution is 5.99. The lowest BCUT2D eigenvalue weighted by molar-refractivity contribution is -0.156. The van der Waals surface area contributed by atoms with Gasteiger partial charge in [-0.15, -0.1) is 0 Å². The number of para-hydroxylation sites is 1. The van der Waals surface area contributed by atoms with Crippen molar-refractivity contribution >= 4 is 17.7 Å². The maximum absolute atomic E-state index is 13.8. The zero-order valence-electron chi connectivity index (χ0n) is 16.9. The molecule has 168 valence electrons. The van der Waals surface area contributed by atoms with Gasteiger partial charge in [0.1, 0.15) is 12.1 Å². The maximum atomic E-state index is 13.8. The van der Waals surface area contributed by atoms with Gasteiger partial charge in [-0.3, -0.25) is 14.4 Å². The highest BCUT2D eigenvalue weighted by Crippen LogP contribution is 2.35. The number of halogens is 3. The number of hydrogen-bond donors (Lipinski definition) is 1. The molecule has 0 bridgehead atoms. The fourth-order valence-corrected chi connectivity index (χ4v) is 4.90. The minimum atomic E-state index is -4.82. The number of alkyl halides is 3. The number of carbonyl (C=O) groups excluding carboxylic acids is 3. The number of benzene rings is 1. The third-order valence-electron chi connectivity index (χ3n) is 6.31. The molecule has 3 fully saturated rings. The quantitative estimate of drug-likeness (QED) is 0.774. The lowest BCUT2D eigenvalue weighted by atomic mass is 10.1. The summed E-state index contributed by atoms with van der Waals surface area (Å²) in [6, 6.07) is 5.96. The summed E-state index contributed by atoms with van der Waals surface area (Å²) in [5, 5.41) is 6.37. The van der Waals surface area contributed by atoms with Gasteiger partial charge in [0.15, 0.2) is 5.69 Å². The van der Waals surface area contributed by atoms with E-state index in [1.54, 1.807) is 23.1 Å². The number of hydrogen-bond acceptors (Lipinski definition) is 4. The first-order chi connectivity index (χ1) is 15.3. The molecule has 1 aromatic carbocycles. The molecule has 4 heterocycles. The molecular formula is C21H20F3N5O3. The van der Waals surface area contributed by atoms with Gasteiger partial charge in [-0.1, -0.05) is 18.2 Å². The van der Waals surface area contributed by atoms with E-state index >= 15 is 0 Å². The molecule has 0 saturated carbocycles. The fourth-order valence-electron chi connectivity index (χ4n) is 4.90. The average Bonchev–Trinajstić information content (AvgIpc) is 3.49. The topological polar surface area (TPSA) is 87.5 Å². The van der Waals surface area contributed by atoms with E-state index in [-0.39, 0.29) is 30.5 Å². The minimum absolute atomic E-state index is 0.0967. The molecule has 1 N–H and O–H groups in total. The molecule has 2 aromatic rings. The van der Waals surface area contributed by atoms with Crippen molar-refractivity contribution in [2.45, 2.75) is 43.6 Å². The van der Waals surface area contributed by atoms with Crippen LogP contribution in [0.25, 0.3) is 5.69 Å². The highest BCUT2D eigenvalue weighted by atomic mass is 19.4. The lowest BCUT2D eigenvalue weighted by Crippen LogP contribution is -2.60. The Balaban J connectivity index is 1.38. The summed E-state index contributed by atoms with van der Waals surface area (Å²) >= 11 is 0. The summed E-state index contributed by atoms with van der Waals surface area (Å²) < 4.78 is 42.2. The summed E-state index contributed by atoms with van der Waals surface area (Å²) in [5.74, 6) is -1.25. The molecule has 8 nitrogen and oxygen atoms in total. The molecule has 3 saturated heterocycles.